The lowest BCUT2D eigenvalue weighted by molar-refractivity contribution is 0.0787. The van der Waals surface area contributed by atoms with Crippen LogP contribution in [0, 0.1) is 5.92 Å². The third kappa shape index (κ3) is 3.05. The lowest BCUT2D eigenvalue weighted by Gasteiger charge is -2.17. The second-order valence-electron chi connectivity index (χ2n) is 4.59. The van der Waals surface area contributed by atoms with E-state index in [0.29, 0.717) is 16.5 Å². The van der Waals surface area contributed by atoms with Gasteiger partial charge in [-0.2, -0.15) is 0 Å². The summed E-state index contributed by atoms with van der Waals surface area (Å²) in [6.07, 6.45) is 1.05. The van der Waals surface area contributed by atoms with E-state index < -0.39 is 0 Å². The topological polar surface area (TPSA) is 32.3 Å². The van der Waals surface area contributed by atoms with E-state index in [4.69, 9.17) is 11.6 Å². The first-order valence-corrected chi connectivity index (χ1v) is 7.18. The van der Waals surface area contributed by atoms with E-state index in [-0.39, 0.29) is 5.91 Å². The van der Waals surface area contributed by atoms with Gasteiger partial charge >= 0.3 is 0 Å². The van der Waals surface area contributed by atoms with Crippen LogP contribution in [0.25, 0.3) is 0 Å². The first-order chi connectivity index (χ1) is 8.61. The molecule has 1 atom stereocenters. The second-order valence-corrected chi connectivity index (χ2v) is 5.91. The first kappa shape index (κ1) is 13.8. The third-order valence-corrected chi connectivity index (χ3v) is 4.05. The van der Waals surface area contributed by atoms with Crippen molar-refractivity contribution in [1.29, 1.82) is 0 Å². The predicted molar refractivity (Wildman–Crippen MR) is 77.1 cm³/mol. The maximum atomic E-state index is 12.4. The smallest absolute Gasteiger partial charge is 0.255 e. The van der Waals surface area contributed by atoms with Gasteiger partial charge in [-0.1, -0.05) is 27.5 Å². The molecule has 1 N–H and O–H groups in total. The van der Waals surface area contributed by atoms with E-state index in [1.165, 1.54) is 0 Å². The zero-order chi connectivity index (χ0) is 13.1. The Morgan fingerprint density at radius 1 is 1.61 bits per heavy atom. The van der Waals surface area contributed by atoms with Crippen molar-refractivity contribution in [3.63, 3.8) is 0 Å². The van der Waals surface area contributed by atoms with Gasteiger partial charge < -0.3 is 10.2 Å². The van der Waals surface area contributed by atoms with E-state index in [0.717, 1.165) is 30.5 Å². The number of halogens is 2. The average Bonchev–Trinajstić information content (AvgIpc) is 2.80. The molecule has 0 spiro atoms. The molecule has 1 heterocycles. The molecule has 0 aliphatic carbocycles. The van der Waals surface area contributed by atoms with E-state index in [1.54, 1.807) is 12.1 Å². The summed E-state index contributed by atoms with van der Waals surface area (Å²) in [5, 5.41) is 3.67. The third-order valence-electron chi connectivity index (χ3n) is 3.22. The van der Waals surface area contributed by atoms with Gasteiger partial charge in [0.1, 0.15) is 0 Å². The molecule has 0 saturated carbocycles. The fourth-order valence-electron chi connectivity index (χ4n) is 2.30. The van der Waals surface area contributed by atoms with E-state index in [9.17, 15) is 4.79 Å². The molecule has 1 aromatic rings. The summed E-state index contributed by atoms with van der Waals surface area (Å²) in [6, 6.07) is 5.38. The number of likely N-dealkylation sites (tertiary alicyclic amines) is 1. The molecule has 3 nitrogen and oxygen atoms in total. The van der Waals surface area contributed by atoms with Gasteiger partial charge in [0.15, 0.2) is 0 Å². The highest BCUT2D eigenvalue weighted by Gasteiger charge is 2.27. The number of hydrogen-bond acceptors (Lipinski definition) is 2. The van der Waals surface area contributed by atoms with Gasteiger partial charge in [-0.3, -0.25) is 4.79 Å². The maximum Gasteiger partial charge on any atom is 0.255 e. The van der Waals surface area contributed by atoms with Crippen LogP contribution in [0.15, 0.2) is 22.7 Å². The normalized spacial score (nSPS) is 19.3. The van der Waals surface area contributed by atoms with Crippen LogP contribution in [0.5, 0.6) is 0 Å². The Labute approximate surface area is 121 Å². The van der Waals surface area contributed by atoms with Gasteiger partial charge in [-0.15, -0.1) is 0 Å². The number of hydrogen-bond donors (Lipinski definition) is 1. The van der Waals surface area contributed by atoms with Crippen molar-refractivity contribution in [2.75, 3.05) is 26.7 Å². The summed E-state index contributed by atoms with van der Waals surface area (Å²) >= 11 is 9.46. The van der Waals surface area contributed by atoms with Crippen LogP contribution in [0.3, 0.4) is 0 Å². The minimum absolute atomic E-state index is 0.0277. The Hall–Kier alpha value is -0.580. The SMILES string of the molecule is CNC[C@@H]1CCN(C(=O)c2cc(Br)ccc2Cl)C1. The Morgan fingerprint density at radius 2 is 2.39 bits per heavy atom. The number of benzene rings is 1. The molecule has 1 aromatic carbocycles. The number of rotatable bonds is 3. The summed E-state index contributed by atoms with van der Waals surface area (Å²) in [5.41, 5.74) is 0.580. The Bertz CT molecular complexity index is 453. The Balaban J connectivity index is 2.10. The van der Waals surface area contributed by atoms with Gasteiger partial charge in [0.25, 0.3) is 5.91 Å². The molecule has 0 aromatic heterocycles. The van der Waals surface area contributed by atoms with Crippen LogP contribution >= 0.6 is 27.5 Å². The van der Waals surface area contributed by atoms with Crippen molar-refractivity contribution in [3.8, 4) is 0 Å². The average molecular weight is 332 g/mol. The van der Waals surface area contributed by atoms with Crippen LogP contribution in [0.1, 0.15) is 16.8 Å². The summed E-state index contributed by atoms with van der Waals surface area (Å²) in [7, 11) is 1.94. The molecular formula is C13H16BrClN2O. The number of nitrogens with zero attached hydrogens (tertiary/aromatic N) is 1. The van der Waals surface area contributed by atoms with Crippen LogP contribution in [0.4, 0.5) is 0 Å². The molecule has 1 aliphatic rings. The molecule has 0 unspecified atom stereocenters. The van der Waals surface area contributed by atoms with Crippen molar-refractivity contribution < 1.29 is 4.79 Å². The zero-order valence-corrected chi connectivity index (χ0v) is 12.6. The van der Waals surface area contributed by atoms with Gasteiger partial charge in [-0.05, 0) is 44.1 Å². The summed E-state index contributed by atoms with van der Waals surface area (Å²) in [6.45, 7) is 2.58. The molecule has 0 bridgehead atoms. The van der Waals surface area contributed by atoms with Gasteiger partial charge in [0, 0.05) is 17.6 Å². The lowest BCUT2D eigenvalue weighted by atomic mass is 10.1. The highest BCUT2D eigenvalue weighted by atomic mass is 79.9. The van der Waals surface area contributed by atoms with Crippen LogP contribution in [-0.4, -0.2) is 37.5 Å². The minimum atomic E-state index is 0.0277. The highest BCUT2D eigenvalue weighted by Crippen LogP contribution is 2.25. The summed E-state index contributed by atoms with van der Waals surface area (Å²) < 4.78 is 0.876. The number of amides is 1. The summed E-state index contributed by atoms with van der Waals surface area (Å²) in [5.74, 6) is 0.574. The standard InChI is InChI=1S/C13H16BrClN2O/c1-16-7-9-4-5-17(8-9)13(18)11-6-10(14)2-3-12(11)15/h2-3,6,9,16H,4-5,7-8H2,1H3/t9-/m0/s1. The van der Waals surface area contributed by atoms with E-state index in [1.807, 2.05) is 18.0 Å². The molecule has 2 rings (SSSR count). The first-order valence-electron chi connectivity index (χ1n) is 6.00. The van der Waals surface area contributed by atoms with Gasteiger partial charge in [0.2, 0.25) is 0 Å². The van der Waals surface area contributed by atoms with Gasteiger partial charge in [-0.25, -0.2) is 0 Å². The number of carbonyl (C=O) groups is 1. The molecule has 1 aliphatic heterocycles. The van der Waals surface area contributed by atoms with Crippen molar-refractivity contribution in [2.24, 2.45) is 5.92 Å². The minimum Gasteiger partial charge on any atom is -0.338 e. The molecule has 5 heteroatoms. The lowest BCUT2D eigenvalue weighted by Crippen LogP contribution is -2.30. The van der Waals surface area contributed by atoms with Crippen molar-refractivity contribution in [3.05, 3.63) is 33.3 Å². The monoisotopic (exact) mass is 330 g/mol. The molecular weight excluding hydrogens is 316 g/mol. The molecule has 0 radical (unpaired) electrons. The fraction of sp³-hybridized carbons (Fsp3) is 0.462. The Morgan fingerprint density at radius 3 is 3.11 bits per heavy atom. The molecule has 98 valence electrons. The molecule has 1 fully saturated rings. The van der Waals surface area contributed by atoms with Gasteiger partial charge in [0.05, 0.1) is 10.6 Å². The molecule has 1 saturated heterocycles. The zero-order valence-electron chi connectivity index (χ0n) is 10.2. The maximum absolute atomic E-state index is 12.4. The van der Waals surface area contributed by atoms with Crippen LogP contribution in [-0.2, 0) is 0 Å². The molecule has 18 heavy (non-hydrogen) atoms. The molecule has 1 amide bonds. The fourth-order valence-corrected chi connectivity index (χ4v) is 2.86. The number of carbonyl (C=O) groups excluding carboxylic acids is 1. The quantitative estimate of drug-likeness (QED) is 0.924. The Kier molecular flexibility index (Phi) is 4.65. The van der Waals surface area contributed by atoms with Crippen molar-refractivity contribution in [1.82, 2.24) is 10.2 Å². The predicted octanol–water partition coefficient (Wildman–Crippen LogP) is 2.78. The largest absolute Gasteiger partial charge is 0.338 e. The highest BCUT2D eigenvalue weighted by molar-refractivity contribution is 9.10. The number of nitrogens with one attached hydrogen (secondary N) is 1. The van der Waals surface area contributed by atoms with Crippen molar-refractivity contribution in [2.45, 2.75) is 6.42 Å². The van der Waals surface area contributed by atoms with E-state index in [2.05, 4.69) is 21.2 Å². The second kappa shape index (κ2) is 6.04. The van der Waals surface area contributed by atoms with Crippen molar-refractivity contribution >= 4 is 33.4 Å². The van der Waals surface area contributed by atoms with E-state index >= 15 is 0 Å². The van der Waals surface area contributed by atoms with Crippen LogP contribution < -0.4 is 5.32 Å². The van der Waals surface area contributed by atoms with Crippen LogP contribution in [0.2, 0.25) is 5.02 Å². The summed E-state index contributed by atoms with van der Waals surface area (Å²) in [4.78, 5) is 14.3.